The van der Waals surface area contributed by atoms with Crippen molar-refractivity contribution in [1.82, 2.24) is 4.90 Å². The molecular weight excluding hydrogens is 226 g/mol. The van der Waals surface area contributed by atoms with Gasteiger partial charge in [-0.15, -0.1) is 0 Å². The molecule has 0 amide bonds. The minimum atomic E-state index is -0.125. The van der Waals surface area contributed by atoms with E-state index in [0.29, 0.717) is 0 Å². The SMILES string of the molecule is COc1ccc(CN2CCCC2)cc1C#CCO. The Labute approximate surface area is 108 Å². The fourth-order valence-corrected chi connectivity index (χ4v) is 2.28. The van der Waals surface area contributed by atoms with Gasteiger partial charge >= 0.3 is 0 Å². The van der Waals surface area contributed by atoms with Gasteiger partial charge < -0.3 is 9.84 Å². The van der Waals surface area contributed by atoms with Crippen molar-refractivity contribution < 1.29 is 9.84 Å². The quantitative estimate of drug-likeness (QED) is 0.822. The second kappa shape index (κ2) is 6.44. The standard InChI is InChI=1S/C15H19NO2/c1-18-15-7-6-13(11-14(15)5-4-10-17)12-16-8-2-3-9-16/h6-7,11,17H,2-3,8-10,12H2,1H3. The number of hydrogen-bond donors (Lipinski definition) is 1. The molecular formula is C15H19NO2. The highest BCUT2D eigenvalue weighted by molar-refractivity contribution is 5.48. The molecule has 0 unspecified atom stereocenters. The van der Waals surface area contributed by atoms with Gasteiger partial charge in [-0.2, -0.15) is 0 Å². The third kappa shape index (κ3) is 3.25. The lowest BCUT2D eigenvalue weighted by atomic mass is 10.1. The largest absolute Gasteiger partial charge is 0.495 e. The van der Waals surface area contributed by atoms with Crippen LogP contribution in [0.15, 0.2) is 18.2 Å². The van der Waals surface area contributed by atoms with Crippen LogP contribution in [-0.4, -0.2) is 36.8 Å². The highest BCUT2D eigenvalue weighted by atomic mass is 16.5. The van der Waals surface area contributed by atoms with E-state index in [2.05, 4.69) is 28.9 Å². The van der Waals surface area contributed by atoms with E-state index >= 15 is 0 Å². The van der Waals surface area contributed by atoms with E-state index in [1.807, 2.05) is 6.07 Å². The van der Waals surface area contributed by atoms with Crippen LogP contribution in [0.4, 0.5) is 0 Å². The normalized spacial score (nSPS) is 15.2. The zero-order valence-corrected chi connectivity index (χ0v) is 10.8. The van der Waals surface area contributed by atoms with Crippen LogP contribution < -0.4 is 4.74 Å². The van der Waals surface area contributed by atoms with E-state index < -0.39 is 0 Å². The molecule has 0 aromatic heterocycles. The average Bonchev–Trinajstić information content (AvgIpc) is 2.89. The molecule has 1 heterocycles. The number of likely N-dealkylation sites (tertiary alicyclic amines) is 1. The van der Waals surface area contributed by atoms with Crippen LogP contribution in [0.25, 0.3) is 0 Å². The van der Waals surface area contributed by atoms with Gasteiger partial charge in [0.2, 0.25) is 0 Å². The second-order valence-electron chi connectivity index (χ2n) is 4.48. The molecule has 0 bridgehead atoms. The van der Waals surface area contributed by atoms with Crippen molar-refractivity contribution in [1.29, 1.82) is 0 Å². The summed E-state index contributed by atoms with van der Waals surface area (Å²) < 4.78 is 5.27. The molecule has 0 aliphatic carbocycles. The maximum atomic E-state index is 8.77. The number of methoxy groups -OCH3 is 1. The molecule has 1 aromatic carbocycles. The number of nitrogens with zero attached hydrogens (tertiary/aromatic N) is 1. The summed E-state index contributed by atoms with van der Waals surface area (Å²) in [6.45, 7) is 3.21. The highest BCUT2D eigenvalue weighted by Crippen LogP contribution is 2.21. The fourth-order valence-electron chi connectivity index (χ4n) is 2.28. The van der Waals surface area contributed by atoms with E-state index in [-0.39, 0.29) is 6.61 Å². The summed E-state index contributed by atoms with van der Waals surface area (Å²) in [6.07, 6.45) is 2.60. The van der Waals surface area contributed by atoms with Gasteiger partial charge in [-0.1, -0.05) is 17.9 Å². The van der Waals surface area contributed by atoms with Crippen molar-refractivity contribution in [2.24, 2.45) is 0 Å². The van der Waals surface area contributed by atoms with Crippen molar-refractivity contribution in [3.8, 4) is 17.6 Å². The minimum absolute atomic E-state index is 0.125. The molecule has 1 fully saturated rings. The lowest BCUT2D eigenvalue weighted by Crippen LogP contribution is -2.18. The molecule has 1 aliphatic heterocycles. The summed E-state index contributed by atoms with van der Waals surface area (Å²) in [5, 5.41) is 8.77. The Morgan fingerprint density at radius 1 is 1.33 bits per heavy atom. The Morgan fingerprint density at radius 3 is 2.78 bits per heavy atom. The van der Waals surface area contributed by atoms with Crippen molar-refractivity contribution in [3.63, 3.8) is 0 Å². The molecule has 0 saturated carbocycles. The predicted octanol–water partition coefficient (Wildman–Crippen LogP) is 1.63. The molecule has 18 heavy (non-hydrogen) atoms. The van der Waals surface area contributed by atoms with Crippen LogP contribution in [0.3, 0.4) is 0 Å². The summed E-state index contributed by atoms with van der Waals surface area (Å²) in [5.74, 6) is 6.37. The number of aliphatic hydroxyl groups excluding tert-OH is 1. The number of hydrogen-bond acceptors (Lipinski definition) is 3. The van der Waals surface area contributed by atoms with Crippen LogP contribution in [0.5, 0.6) is 5.75 Å². The van der Waals surface area contributed by atoms with Crippen LogP contribution in [0.1, 0.15) is 24.0 Å². The van der Waals surface area contributed by atoms with E-state index in [4.69, 9.17) is 9.84 Å². The molecule has 2 rings (SSSR count). The number of ether oxygens (including phenoxy) is 1. The molecule has 3 heteroatoms. The number of aliphatic hydroxyl groups is 1. The third-order valence-electron chi connectivity index (χ3n) is 3.17. The van der Waals surface area contributed by atoms with Gasteiger partial charge in [0.05, 0.1) is 12.7 Å². The minimum Gasteiger partial charge on any atom is -0.495 e. The van der Waals surface area contributed by atoms with Gasteiger partial charge in [0, 0.05) is 6.54 Å². The number of benzene rings is 1. The third-order valence-corrected chi connectivity index (χ3v) is 3.17. The topological polar surface area (TPSA) is 32.7 Å². The molecule has 0 atom stereocenters. The second-order valence-corrected chi connectivity index (χ2v) is 4.48. The average molecular weight is 245 g/mol. The summed E-state index contributed by atoms with van der Waals surface area (Å²) in [6, 6.07) is 6.09. The van der Waals surface area contributed by atoms with Crippen molar-refractivity contribution in [2.45, 2.75) is 19.4 Å². The molecule has 3 nitrogen and oxygen atoms in total. The van der Waals surface area contributed by atoms with Gasteiger partial charge in [0.15, 0.2) is 0 Å². The molecule has 96 valence electrons. The first kappa shape index (κ1) is 12.9. The Bertz CT molecular complexity index is 453. The Hall–Kier alpha value is -1.50. The predicted molar refractivity (Wildman–Crippen MR) is 71.5 cm³/mol. The Kier molecular flexibility index (Phi) is 4.63. The van der Waals surface area contributed by atoms with Gasteiger partial charge in [-0.25, -0.2) is 0 Å². The summed E-state index contributed by atoms with van der Waals surface area (Å²) >= 11 is 0. The summed E-state index contributed by atoms with van der Waals surface area (Å²) in [5.41, 5.74) is 2.10. The molecule has 1 aliphatic rings. The zero-order chi connectivity index (χ0) is 12.8. The monoisotopic (exact) mass is 245 g/mol. The Morgan fingerprint density at radius 2 is 2.11 bits per heavy atom. The Balaban J connectivity index is 2.16. The molecule has 1 aromatic rings. The van der Waals surface area contributed by atoms with Crippen LogP contribution in [-0.2, 0) is 6.54 Å². The summed E-state index contributed by atoms with van der Waals surface area (Å²) in [7, 11) is 1.64. The van der Waals surface area contributed by atoms with E-state index in [9.17, 15) is 0 Å². The van der Waals surface area contributed by atoms with Crippen LogP contribution >= 0.6 is 0 Å². The van der Waals surface area contributed by atoms with Crippen molar-refractivity contribution in [2.75, 3.05) is 26.8 Å². The van der Waals surface area contributed by atoms with Crippen LogP contribution in [0.2, 0.25) is 0 Å². The zero-order valence-electron chi connectivity index (χ0n) is 10.8. The van der Waals surface area contributed by atoms with Gasteiger partial charge in [-0.05, 0) is 43.6 Å². The first-order chi connectivity index (χ1) is 8.83. The first-order valence-corrected chi connectivity index (χ1v) is 6.32. The molecule has 0 radical (unpaired) electrons. The van der Waals surface area contributed by atoms with Crippen molar-refractivity contribution >= 4 is 0 Å². The van der Waals surface area contributed by atoms with Crippen LogP contribution in [0, 0.1) is 11.8 Å². The van der Waals surface area contributed by atoms with Crippen molar-refractivity contribution in [3.05, 3.63) is 29.3 Å². The van der Waals surface area contributed by atoms with E-state index in [1.54, 1.807) is 7.11 Å². The molecule has 1 N–H and O–H groups in total. The maximum absolute atomic E-state index is 8.77. The highest BCUT2D eigenvalue weighted by Gasteiger charge is 2.12. The fraction of sp³-hybridized carbons (Fsp3) is 0.467. The first-order valence-electron chi connectivity index (χ1n) is 6.32. The molecule has 0 spiro atoms. The number of rotatable bonds is 3. The molecule has 1 saturated heterocycles. The lowest BCUT2D eigenvalue weighted by Gasteiger charge is -2.15. The van der Waals surface area contributed by atoms with Gasteiger partial charge in [-0.3, -0.25) is 4.90 Å². The summed E-state index contributed by atoms with van der Waals surface area (Å²) in [4.78, 5) is 2.45. The van der Waals surface area contributed by atoms with E-state index in [1.165, 1.54) is 31.5 Å². The smallest absolute Gasteiger partial charge is 0.134 e. The maximum Gasteiger partial charge on any atom is 0.134 e. The van der Waals surface area contributed by atoms with Gasteiger partial charge in [0.25, 0.3) is 0 Å². The lowest BCUT2D eigenvalue weighted by molar-refractivity contribution is 0.331. The van der Waals surface area contributed by atoms with E-state index in [0.717, 1.165) is 17.9 Å². The van der Waals surface area contributed by atoms with Gasteiger partial charge in [0.1, 0.15) is 12.4 Å².